The molecule has 2 amide bonds. The van der Waals surface area contributed by atoms with E-state index in [0.29, 0.717) is 0 Å². The standard InChI is InChI=1S/C16H32O.C10H17N3O6S/c1-2-3-4-5-6-7-8-9-10-11-12-13-14-15-16-17;11-5(10(18)19)1-2-7(14)13-6(4-20)9(17)12-3-8(15)16/h16H,2-15H2,1H3;5-6,20H,1-4,11H2,(H,12,17)(H,13,14)(H,15,16)(H,18,19). The first-order valence-electron chi connectivity index (χ1n) is 13.5. The molecule has 0 aromatic heterocycles. The molecule has 0 bridgehead atoms. The lowest BCUT2D eigenvalue weighted by molar-refractivity contribution is -0.139. The Bertz CT molecular complexity index is 635. The molecule has 0 aromatic rings. The molecule has 0 rings (SSSR count). The van der Waals surface area contributed by atoms with Gasteiger partial charge in [-0.3, -0.25) is 19.2 Å². The van der Waals surface area contributed by atoms with Gasteiger partial charge in [0.2, 0.25) is 11.8 Å². The highest BCUT2D eigenvalue weighted by atomic mass is 32.1. The Morgan fingerprint density at radius 2 is 1.35 bits per heavy atom. The average Bonchev–Trinajstić information content (AvgIpc) is 2.87. The molecular formula is C26H49N3O7S. The number of nitrogens with one attached hydrogen (secondary N) is 2. The van der Waals surface area contributed by atoms with Crippen LogP contribution < -0.4 is 16.4 Å². The van der Waals surface area contributed by atoms with Gasteiger partial charge in [0.15, 0.2) is 0 Å². The second-order valence-corrected chi connectivity index (χ2v) is 9.46. The van der Waals surface area contributed by atoms with Crippen molar-refractivity contribution < 1.29 is 34.2 Å². The topological polar surface area (TPSA) is 176 Å². The van der Waals surface area contributed by atoms with Crippen molar-refractivity contribution in [1.29, 1.82) is 0 Å². The summed E-state index contributed by atoms with van der Waals surface area (Å²) in [4.78, 5) is 53.8. The summed E-state index contributed by atoms with van der Waals surface area (Å²) in [6.07, 6.45) is 19.4. The molecule has 0 aliphatic rings. The zero-order chi connectivity index (χ0) is 28.3. The van der Waals surface area contributed by atoms with E-state index in [9.17, 15) is 24.0 Å². The van der Waals surface area contributed by atoms with E-state index in [1.54, 1.807) is 0 Å². The Kier molecular flexibility index (Phi) is 26.9. The van der Waals surface area contributed by atoms with Crippen molar-refractivity contribution in [2.75, 3.05) is 12.3 Å². The molecule has 0 saturated carbocycles. The van der Waals surface area contributed by atoms with Crippen LogP contribution in [0.2, 0.25) is 0 Å². The van der Waals surface area contributed by atoms with Gasteiger partial charge in [0.25, 0.3) is 0 Å². The fraction of sp³-hybridized carbons (Fsp3) is 0.808. The van der Waals surface area contributed by atoms with E-state index < -0.39 is 42.4 Å². The van der Waals surface area contributed by atoms with E-state index in [4.69, 9.17) is 15.9 Å². The smallest absolute Gasteiger partial charge is 0.322 e. The van der Waals surface area contributed by atoms with Gasteiger partial charge in [-0.05, 0) is 12.8 Å². The van der Waals surface area contributed by atoms with Gasteiger partial charge in [0.05, 0.1) is 0 Å². The predicted octanol–water partition coefficient (Wildman–Crippen LogP) is 3.46. The van der Waals surface area contributed by atoms with Gasteiger partial charge in [-0.15, -0.1) is 0 Å². The number of unbranched alkanes of at least 4 members (excludes halogenated alkanes) is 13. The van der Waals surface area contributed by atoms with Crippen LogP contribution in [0.3, 0.4) is 0 Å². The largest absolute Gasteiger partial charge is 0.480 e. The molecule has 0 aliphatic heterocycles. The third-order valence-electron chi connectivity index (χ3n) is 5.67. The number of aldehydes is 1. The molecule has 0 saturated heterocycles. The van der Waals surface area contributed by atoms with Gasteiger partial charge < -0.3 is 31.4 Å². The molecule has 37 heavy (non-hydrogen) atoms. The second-order valence-electron chi connectivity index (χ2n) is 9.10. The summed E-state index contributed by atoms with van der Waals surface area (Å²) in [5.41, 5.74) is 5.23. The Balaban J connectivity index is 0. The number of aliphatic carboxylic acids is 2. The number of carbonyl (C=O) groups excluding carboxylic acids is 3. The summed E-state index contributed by atoms with van der Waals surface area (Å²) >= 11 is 3.87. The van der Waals surface area contributed by atoms with E-state index in [1.165, 1.54) is 77.0 Å². The average molecular weight is 548 g/mol. The highest BCUT2D eigenvalue weighted by Gasteiger charge is 2.20. The molecule has 0 fully saturated rings. The molecule has 11 heteroatoms. The van der Waals surface area contributed by atoms with Gasteiger partial charge in [-0.2, -0.15) is 12.6 Å². The van der Waals surface area contributed by atoms with Gasteiger partial charge in [-0.25, -0.2) is 0 Å². The van der Waals surface area contributed by atoms with Crippen LogP contribution in [0.1, 0.15) is 110 Å². The van der Waals surface area contributed by atoms with E-state index in [0.717, 1.165) is 19.1 Å². The molecule has 0 radical (unpaired) electrons. The third-order valence-corrected chi connectivity index (χ3v) is 6.04. The number of hydrogen-bond acceptors (Lipinski definition) is 7. The highest BCUT2D eigenvalue weighted by Crippen LogP contribution is 2.12. The number of carboxylic acid groups (broad SMARTS) is 2. The lowest BCUT2D eigenvalue weighted by Gasteiger charge is -2.16. The number of rotatable bonds is 23. The van der Waals surface area contributed by atoms with E-state index in [1.807, 2.05) is 0 Å². The summed E-state index contributed by atoms with van der Waals surface area (Å²) < 4.78 is 0. The SMILES string of the molecule is CCCCCCCCCCCCCCCC=O.NC(CCC(=O)NC(CS)C(=O)NCC(=O)O)C(=O)O. The lowest BCUT2D eigenvalue weighted by Crippen LogP contribution is -2.49. The first-order valence-corrected chi connectivity index (χ1v) is 14.1. The Morgan fingerprint density at radius 3 is 1.76 bits per heavy atom. The molecule has 2 unspecified atom stereocenters. The van der Waals surface area contributed by atoms with Crippen molar-refractivity contribution in [2.24, 2.45) is 5.73 Å². The van der Waals surface area contributed by atoms with Gasteiger partial charge in [0, 0.05) is 18.6 Å². The Labute approximate surface area is 227 Å². The van der Waals surface area contributed by atoms with Crippen molar-refractivity contribution in [3.63, 3.8) is 0 Å². The first-order chi connectivity index (χ1) is 17.7. The van der Waals surface area contributed by atoms with Crippen LogP contribution >= 0.6 is 12.6 Å². The van der Waals surface area contributed by atoms with E-state index in [2.05, 4.69) is 30.2 Å². The van der Waals surface area contributed by atoms with Crippen molar-refractivity contribution in [3.8, 4) is 0 Å². The lowest BCUT2D eigenvalue weighted by atomic mass is 10.0. The molecule has 6 N–H and O–H groups in total. The molecule has 0 aromatic carbocycles. The van der Waals surface area contributed by atoms with Crippen molar-refractivity contribution >= 4 is 42.7 Å². The van der Waals surface area contributed by atoms with E-state index in [-0.39, 0.29) is 18.6 Å². The third kappa shape index (κ3) is 26.7. The summed E-state index contributed by atoms with van der Waals surface area (Å²) in [6, 6.07) is -2.15. The molecule has 10 nitrogen and oxygen atoms in total. The van der Waals surface area contributed by atoms with Crippen LogP contribution in [0, 0.1) is 0 Å². The van der Waals surface area contributed by atoms with Crippen LogP contribution in [0.5, 0.6) is 0 Å². The maximum atomic E-state index is 11.5. The van der Waals surface area contributed by atoms with Crippen LogP contribution in [0.25, 0.3) is 0 Å². The van der Waals surface area contributed by atoms with Gasteiger partial charge >= 0.3 is 11.9 Å². The van der Waals surface area contributed by atoms with Crippen LogP contribution in [-0.4, -0.2) is 64.6 Å². The first kappa shape index (κ1) is 37.0. The number of nitrogens with two attached hydrogens (primary N) is 1. The summed E-state index contributed by atoms with van der Waals surface area (Å²) in [5, 5.41) is 21.4. The summed E-state index contributed by atoms with van der Waals surface area (Å²) in [5.74, 6) is -3.70. The summed E-state index contributed by atoms with van der Waals surface area (Å²) in [7, 11) is 0. The number of carbonyl (C=O) groups is 5. The minimum Gasteiger partial charge on any atom is -0.480 e. The molecule has 0 aliphatic carbocycles. The quantitative estimate of drug-likeness (QED) is 0.0640. The summed E-state index contributed by atoms with van der Waals surface area (Å²) in [6.45, 7) is 1.71. The highest BCUT2D eigenvalue weighted by molar-refractivity contribution is 7.80. The zero-order valence-electron chi connectivity index (χ0n) is 22.4. The number of amides is 2. The molecule has 2 atom stereocenters. The molecule has 0 spiro atoms. The van der Waals surface area contributed by atoms with Gasteiger partial charge in [-0.1, -0.05) is 84.0 Å². The second kappa shape index (κ2) is 26.9. The maximum absolute atomic E-state index is 11.5. The molecular weight excluding hydrogens is 498 g/mol. The number of hydrogen-bond donors (Lipinski definition) is 6. The fourth-order valence-electron chi connectivity index (χ4n) is 3.40. The maximum Gasteiger partial charge on any atom is 0.322 e. The minimum atomic E-state index is -1.22. The van der Waals surface area contributed by atoms with Crippen LogP contribution in [0.4, 0.5) is 0 Å². The van der Waals surface area contributed by atoms with E-state index >= 15 is 0 Å². The van der Waals surface area contributed by atoms with Crippen molar-refractivity contribution in [1.82, 2.24) is 10.6 Å². The zero-order valence-corrected chi connectivity index (χ0v) is 23.3. The number of thiol groups is 1. The molecule has 216 valence electrons. The number of carboxylic acids is 2. The minimum absolute atomic E-state index is 0.0256. The van der Waals surface area contributed by atoms with Crippen LogP contribution in [-0.2, 0) is 24.0 Å². The predicted molar refractivity (Wildman–Crippen MR) is 148 cm³/mol. The van der Waals surface area contributed by atoms with Gasteiger partial charge in [0.1, 0.15) is 24.9 Å². The normalized spacial score (nSPS) is 12.0. The van der Waals surface area contributed by atoms with Crippen molar-refractivity contribution in [2.45, 2.75) is 122 Å². The monoisotopic (exact) mass is 547 g/mol. The van der Waals surface area contributed by atoms with Crippen molar-refractivity contribution in [3.05, 3.63) is 0 Å². The molecule has 0 heterocycles. The Morgan fingerprint density at radius 1 is 0.865 bits per heavy atom. The van der Waals surface area contributed by atoms with Crippen LogP contribution in [0.15, 0.2) is 0 Å². The Hall–Kier alpha value is -2.14. The fourth-order valence-corrected chi connectivity index (χ4v) is 3.66.